The predicted molar refractivity (Wildman–Crippen MR) is 48.8 cm³/mol. The number of benzene rings is 1. The molecule has 1 atom stereocenters. The molecule has 4 heteroatoms. The Hall–Kier alpha value is -1.11. The number of nitrogens with zero attached hydrogens (tertiary/aromatic N) is 1. The highest BCUT2D eigenvalue weighted by Crippen LogP contribution is 2.19. The van der Waals surface area contributed by atoms with Gasteiger partial charge in [0.05, 0.1) is 6.07 Å². The van der Waals surface area contributed by atoms with Crippen molar-refractivity contribution in [2.24, 2.45) is 0 Å². The van der Waals surface area contributed by atoms with Crippen molar-refractivity contribution in [1.29, 1.82) is 5.26 Å². The van der Waals surface area contributed by atoms with E-state index in [4.69, 9.17) is 16.9 Å². The Labute approximate surface area is 80.9 Å². The summed E-state index contributed by atoms with van der Waals surface area (Å²) in [5, 5.41) is 11.7. The molecule has 0 amide bonds. The van der Waals surface area contributed by atoms with Gasteiger partial charge in [-0.2, -0.15) is 5.26 Å². The molecule has 0 aromatic heterocycles. The van der Waals surface area contributed by atoms with Gasteiger partial charge < -0.3 is 5.32 Å². The maximum Gasteiger partial charge on any atom is 0.125 e. The van der Waals surface area contributed by atoms with E-state index in [0.717, 1.165) is 0 Å². The first-order valence-corrected chi connectivity index (χ1v) is 4.08. The topological polar surface area (TPSA) is 35.8 Å². The van der Waals surface area contributed by atoms with Crippen LogP contribution in [0.4, 0.5) is 4.39 Å². The van der Waals surface area contributed by atoms with Gasteiger partial charge >= 0.3 is 0 Å². The molecule has 1 aromatic carbocycles. The quantitative estimate of drug-likeness (QED) is 0.792. The van der Waals surface area contributed by atoms with E-state index in [1.54, 1.807) is 13.1 Å². The van der Waals surface area contributed by atoms with Crippen LogP contribution in [-0.2, 0) is 0 Å². The van der Waals surface area contributed by atoms with Crippen LogP contribution >= 0.6 is 11.6 Å². The lowest BCUT2D eigenvalue weighted by atomic mass is 10.1. The lowest BCUT2D eigenvalue weighted by molar-refractivity contribution is 0.620. The summed E-state index contributed by atoms with van der Waals surface area (Å²) < 4.78 is 12.8. The second-order valence-electron chi connectivity index (χ2n) is 2.55. The third kappa shape index (κ3) is 2.41. The number of hydrogen-bond acceptors (Lipinski definition) is 2. The molecule has 0 radical (unpaired) electrons. The van der Waals surface area contributed by atoms with Crippen LogP contribution in [0.5, 0.6) is 0 Å². The van der Waals surface area contributed by atoms with Crippen molar-refractivity contribution < 1.29 is 4.39 Å². The Bertz CT molecular complexity index is 326. The lowest BCUT2D eigenvalue weighted by Gasteiger charge is -2.07. The Morgan fingerprint density at radius 3 is 2.69 bits per heavy atom. The normalized spacial score (nSPS) is 12.2. The fraction of sp³-hybridized carbons (Fsp3) is 0.222. The Morgan fingerprint density at radius 2 is 2.23 bits per heavy atom. The SMILES string of the molecule is CNC(C#N)c1cc(F)cc(Cl)c1. The fourth-order valence-electron chi connectivity index (χ4n) is 1.05. The molecule has 1 unspecified atom stereocenters. The molecule has 0 bridgehead atoms. The van der Waals surface area contributed by atoms with Gasteiger partial charge in [0.2, 0.25) is 0 Å². The molecular weight excluding hydrogens is 191 g/mol. The van der Waals surface area contributed by atoms with Crippen LogP contribution in [-0.4, -0.2) is 7.05 Å². The zero-order chi connectivity index (χ0) is 9.84. The van der Waals surface area contributed by atoms with Gasteiger partial charge in [0, 0.05) is 5.02 Å². The van der Waals surface area contributed by atoms with E-state index in [2.05, 4.69) is 5.32 Å². The van der Waals surface area contributed by atoms with E-state index >= 15 is 0 Å². The third-order valence-corrected chi connectivity index (χ3v) is 1.85. The average Bonchev–Trinajstić information content (AvgIpc) is 2.04. The lowest BCUT2D eigenvalue weighted by Crippen LogP contribution is -2.14. The van der Waals surface area contributed by atoms with Crippen LogP contribution in [0.1, 0.15) is 11.6 Å². The largest absolute Gasteiger partial charge is 0.301 e. The van der Waals surface area contributed by atoms with Crippen molar-refractivity contribution in [2.45, 2.75) is 6.04 Å². The fourth-order valence-corrected chi connectivity index (χ4v) is 1.28. The van der Waals surface area contributed by atoms with Gasteiger partial charge in [0.1, 0.15) is 11.9 Å². The summed E-state index contributed by atoms with van der Waals surface area (Å²) in [6, 6.07) is 5.52. The monoisotopic (exact) mass is 198 g/mol. The van der Waals surface area contributed by atoms with Crippen molar-refractivity contribution in [2.75, 3.05) is 7.05 Å². The molecule has 1 rings (SSSR count). The molecule has 13 heavy (non-hydrogen) atoms. The second kappa shape index (κ2) is 4.22. The Morgan fingerprint density at radius 1 is 1.54 bits per heavy atom. The van der Waals surface area contributed by atoms with E-state index in [1.807, 2.05) is 6.07 Å². The smallest absolute Gasteiger partial charge is 0.125 e. The molecule has 0 spiro atoms. The van der Waals surface area contributed by atoms with E-state index in [1.165, 1.54) is 12.1 Å². The van der Waals surface area contributed by atoms with Crippen LogP contribution in [0.3, 0.4) is 0 Å². The number of nitriles is 1. The maximum absolute atomic E-state index is 12.8. The van der Waals surface area contributed by atoms with Crippen LogP contribution in [0.15, 0.2) is 18.2 Å². The molecule has 0 aliphatic carbocycles. The summed E-state index contributed by atoms with van der Waals surface area (Å²) in [6.45, 7) is 0. The zero-order valence-electron chi connectivity index (χ0n) is 7.01. The summed E-state index contributed by atoms with van der Waals surface area (Å²) in [4.78, 5) is 0. The minimum atomic E-state index is -0.520. The Kier molecular flexibility index (Phi) is 3.24. The third-order valence-electron chi connectivity index (χ3n) is 1.64. The molecule has 2 nitrogen and oxygen atoms in total. The molecule has 0 aliphatic rings. The molecular formula is C9H8ClFN2. The molecule has 1 N–H and O–H groups in total. The van der Waals surface area contributed by atoms with Gasteiger partial charge in [-0.1, -0.05) is 11.6 Å². The molecule has 68 valence electrons. The second-order valence-corrected chi connectivity index (χ2v) is 2.99. The van der Waals surface area contributed by atoms with Crippen LogP contribution < -0.4 is 5.32 Å². The van der Waals surface area contributed by atoms with Crippen molar-refractivity contribution in [1.82, 2.24) is 5.32 Å². The number of nitrogens with one attached hydrogen (secondary N) is 1. The Balaban J connectivity index is 3.08. The minimum Gasteiger partial charge on any atom is -0.301 e. The van der Waals surface area contributed by atoms with Crippen molar-refractivity contribution in [3.05, 3.63) is 34.6 Å². The van der Waals surface area contributed by atoms with Gasteiger partial charge in [0.15, 0.2) is 0 Å². The highest BCUT2D eigenvalue weighted by molar-refractivity contribution is 6.30. The summed E-state index contributed by atoms with van der Waals surface area (Å²) in [6.07, 6.45) is 0. The number of halogens is 2. The van der Waals surface area contributed by atoms with Crippen molar-refractivity contribution in [3.63, 3.8) is 0 Å². The molecule has 0 fully saturated rings. The molecule has 0 heterocycles. The maximum atomic E-state index is 12.8. The van der Waals surface area contributed by atoms with E-state index < -0.39 is 11.9 Å². The van der Waals surface area contributed by atoms with Gasteiger partial charge in [-0.3, -0.25) is 0 Å². The van der Waals surface area contributed by atoms with E-state index in [9.17, 15) is 4.39 Å². The predicted octanol–water partition coefficient (Wildman–Crippen LogP) is 2.26. The first-order valence-electron chi connectivity index (χ1n) is 3.70. The average molecular weight is 199 g/mol. The van der Waals surface area contributed by atoms with Gasteiger partial charge in [-0.25, -0.2) is 4.39 Å². The molecule has 0 aliphatic heterocycles. The first kappa shape index (κ1) is 9.97. The standard InChI is InChI=1S/C9H8ClFN2/c1-13-9(5-12)6-2-7(10)4-8(11)3-6/h2-4,9,13H,1H3. The molecule has 1 aromatic rings. The highest BCUT2D eigenvalue weighted by Gasteiger charge is 2.09. The molecule has 0 saturated heterocycles. The van der Waals surface area contributed by atoms with Crippen LogP contribution in [0.2, 0.25) is 5.02 Å². The van der Waals surface area contributed by atoms with Gasteiger partial charge in [-0.15, -0.1) is 0 Å². The first-order chi connectivity index (χ1) is 6.17. The number of rotatable bonds is 2. The summed E-state index contributed by atoms with van der Waals surface area (Å²) in [5.41, 5.74) is 0.537. The highest BCUT2D eigenvalue weighted by atomic mass is 35.5. The van der Waals surface area contributed by atoms with Gasteiger partial charge in [-0.05, 0) is 30.8 Å². The van der Waals surface area contributed by atoms with Crippen molar-refractivity contribution in [3.8, 4) is 6.07 Å². The van der Waals surface area contributed by atoms with Crippen LogP contribution in [0, 0.1) is 17.1 Å². The minimum absolute atomic E-state index is 0.297. The molecule has 0 saturated carbocycles. The zero-order valence-corrected chi connectivity index (χ0v) is 7.77. The summed E-state index contributed by atoms with van der Waals surface area (Å²) in [7, 11) is 1.63. The van der Waals surface area contributed by atoms with E-state index in [0.29, 0.717) is 10.6 Å². The van der Waals surface area contributed by atoms with Gasteiger partial charge in [0.25, 0.3) is 0 Å². The van der Waals surface area contributed by atoms with E-state index in [-0.39, 0.29) is 0 Å². The summed E-state index contributed by atoms with van der Waals surface area (Å²) in [5.74, 6) is -0.432. The van der Waals surface area contributed by atoms with Crippen molar-refractivity contribution >= 4 is 11.6 Å². The van der Waals surface area contributed by atoms with Crippen LogP contribution in [0.25, 0.3) is 0 Å². The number of hydrogen-bond donors (Lipinski definition) is 1. The summed E-state index contributed by atoms with van der Waals surface area (Å²) >= 11 is 5.63.